The highest BCUT2D eigenvalue weighted by atomic mass is 16.5. The van der Waals surface area contributed by atoms with E-state index in [2.05, 4.69) is 35.3 Å². The zero-order valence-electron chi connectivity index (χ0n) is 18.8. The van der Waals surface area contributed by atoms with Gasteiger partial charge < -0.3 is 15.0 Å². The van der Waals surface area contributed by atoms with Crippen LogP contribution < -0.4 is 10.2 Å². The van der Waals surface area contributed by atoms with Crippen molar-refractivity contribution in [2.75, 3.05) is 31.1 Å². The van der Waals surface area contributed by atoms with Gasteiger partial charge in [-0.05, 0) is 74.4 Å². The number of anilines is 1. The van der Waals surface area contributed by atoms with E-state index in [1.54, 1.807) is 19.1 Å². The average Bonchev–Trinajstić information content (AvgIpc) is 2.80. The van der Waals surface area contributed by atoms with E-state index in [-0.39, 0.29) is 11.9 Å². The van der Waals surface area contributed by atoms with Crippen molar-refractivity contribution in [2.24, 2.45) is 0 Å². The Balaban J connectivity index is 1.63. The summed E-state index contributed by atoms with van der Waals surface area (Å²) in [5, 5.41) is 3.10. The predicted molar refractivity (Wildman–Crippen MR) is 125 cm³/mol. The number of ether oxygens (including phenoxy) is 1. The number of carbonyl (C=O) groups excluding carboxylic acids is 2. The van der Waals surface area contributed by atoms with Crippen LogP contribution in [-0.2, 0) is 17.6 Å². The summed E-state index contributed by atoms with van der Waals surface area (Å²) < 4.78 is 5.02. The zero-order chi connectivity index (χ0) is 22.1. The molecule has 0 unspecified atom stereocenters. The predicted octanol–water partition coefficient (Wildman–Crippen LogP) is 4.78. The largest absolute Gasteiger partial charge is 0.462 e. The molecule has 5 nitrogen and oxygen atoms in total. The molecule has 5 heteroatoms. The minimum atomic E-state index is -0.306. The summed E-state index contributed by atoms with van der Waals surface area (Å²) in [7, 11) is 0. The normalized spacial score (nSPS) is 13.7. The summed E-state index contributed by atoms with van der Waals surface area (Å²) in [5.41, 5.74) is 4.67. The van der Waals surface area contributed by atoms with Gasteiger partial charge in [0.1, 0.15) is 0 Å². The fraction of sp³-hybridized carbons (Fsp3) is 0.462. The molecule has 2 aromatic carbocycles. The fourth-order valence-corrected chi connectivity index (χ4v) is 4.06. The molecule has 1 aliphatic heterocycles. The number of esters is 1. The Hall–Kier alpha value is -2.82. The first-order valence-electron chi connectivity index (χ1n) is 11.5. The van der Waals surface area contributed by atoms with Gasteiger partial charge in [-0.3, -0.25) is 4.79 Å². The summed E-state index contributed by atoms with van der Waals surface area (Å²) in [6.07, 6.45) is 6.38. The molecule has 3 rings (SSSR count). The summed E-state index contributed by atoms with van der Waals surface area (Å²) in [6.45, 7) is 6.90. The van der Waals surface area contributed by atoms with Crippen LogP contribution in [0.1, 0.15) is 71.4 Å². The Morgan fingerprint density at radius 3 is 2.32 bits per heavy atom. The Morgan fingerprint density at radius 2 is 1.65 bits per heavy atom. The number of benzene rings is 2. The second-order valence-electron chi connectivity index (χ2n) is 8.07. The van der Waals surface area contributed by atoms with Gasteiger partial charge in [-0.2, -0.15) is 0 Å². The Bertz CT molecular complexity index is 871. The summed E-state index contributed by atoms with van der Waals surface area (Å²) in [5.74, 6) is -0.318. The van der Waals surface area contributed by atoms with E-state index in [9.17, 15) is 9.59 Å². The van der Waals surface area contributed by atoms with Crippen LogP contribution in [0.2, 0.25) is 0 Å². The van der Waals surface area contributed by atoms with Crippen LogP contribution in [-0.4, -0.2) is 38.1 Å². The van der Waals surface area contributed by atoms with Gasteiger partial charge in [0.25, 0.3) is 5.91 Å². The van der Waals surface area contributed by atoms with Crippen LogP contribution in [0.4, 0.5) is 5.69 Å². The molecule has 2 aromatic rings. The van der Waals surface area contributed by atoms with E-state index in [0.717, 1.165) is 42.7 Å². The zero-order valence-corrected chi connectivity index (χ0v) is 18.8. The van der Waals surface area contributed by atoms with Gasteiger partial charge in [0, 0.05) is 25.3 Å². The minimum Gasteiger partial charge on any atom is -0.462 e. The number of carbonyl (C=O) groups is 2. The lowest BCUT2D eigenvalue weighted by molar-refractivity contribution is 0.0526. The monoisotopic (exact) mass is 422 g/mol. The highest BCUT2D eigenvalue weighted by Crippen LogP contribution is 2.26. The molecule has 1 N–H and O–H groups in total. The lowest BCUT2D eigenvalue weighted by atomic mass is 10.0. The van der Waals surface area contributed by atoms with Crippen LogP contribution in [0.25, 0.3) is 0 Å². The van der Waals surface area contributed by atoms with Crippen LogP contribution in [0.5, 0.6) is 0 Å². The Labute approximate surface area is 185 Å². The molecule has 1 saturated heterocycles. The number of hydrogen-bond donors (Lipinski definition) is 1. The van der Waals surface area contributed by atoms with E-state index in [0.29, 0.717) is 25.1 Å². The standard InChI is InChI=1S/C26H34N2O3/c1-3-8-21-11-14-24(28-17-6-5-7-18-28)23(19-21)25(29)27-16-15-20-9-12-22(13-10-20)26(30)31-4-2/h9-14,19H,3-8,15-18H2,1-2H3,(H,27,29). The molecule has 0 bridgehead atoms. The maximum atomic E-state index is 13.1. The molecule has 166 valence electrons. The van der Waals surface area contributed by atoms with E-state index in [4.69, 9.17) is 4.74 Å². The maximum Gasteiger partial charge on any atom is 0.338 e. The molecular weight excluding hydrogens is 388 g/mol. The summed E-state index contributed by atoms with van der Waals surface area (Å²) in [6, 6.07) is 13.7. The van der Waals surface area contributed by atoms with Crippen molar-refractivity contribution in [3.63, 3.8) is 0 Å². The second-order valence-corrected chi connectivity index (χ2v) is 8.07. The fourth-order valence-electron chi connectivity index (χ4n) is 4.06. The smallest absolute Gasteiger partial charge is 0.338 e. The van der Waals surface area contributed by atoms with Gasteiger partial charge in [0.15, 0.2) is 0 Å². The molecule has 0 aromatic heterocycles. The number of amides is 1. The van der Waals surface area contributed by atoms with Gasteiger partial charge in [-0.1, -0.05) is 31.5 Å². The van der Waals surface area contributed by atoms with Crippen LogP contribution >= 0.6 is 0 Å². The van der Waals surface area contributed by atoms with Crippen molar-refractivity contribution >= 4 is 17.6 Å². The molecule has 31 heavy (non-hydrogen) atoms. The third kappa shape index (κ3) is 6.33. The summed E-state index contributed by atoms with van der Waals surface area (Å²) in [4.78, 5) is 27.2. The lowest BCUT2D eigenvalue weighted by Gasteiger charge is -2.30. The van der Waals surface area contributed by atoms with E-state index >= 15 is 0 Å². The average molecular weight is 423 g/mol. The number of aryl methyl sites for hydroxylation is 1. The number of rotatable bonds is 9. The first kappa shape index (κ1) is 22.9. The van der Waals surface area contributed by atoms with E-state index in [1.807, 2.05) is 12.1 Å². The van der Waals surface area contributed by atoms with Crippen LogP contribution in [0, 0.1) is 0 Å². The molecule has 1 aliphatic rings. The third-order valence-electron chi connectivity index (χ3n) is 5.71. The number of piperidine rings is 1. The maximum absolute atomic E-state index is 13.1. The van der Waals surface area contributed by atoms with Crippen LogP contribution in [0.15, 0.2) is 42.5 Å². The van der Waals surface area contributed by atoms with Crippen molar-refractivity contribution < 1.29 is 14.3 Å². The van der Waals surface area contributed by atoms with Crippen LogP contribution in [0.3, 0.4) is 0 Å². The van der Waals surface area contributed by atoms with Crippen molar-refractivity contribution in [1.29, 1.82) is 0 Å². The highest BCUT2D eigenvalue weighted by molar-refractivity contribution is 6.00. The number of hydrogen-bond acceptors (Lipinski definition) is 4. The summed E-state index contributed by atoms with van der Waals surface area (Å²) >= 11 is 0. The molecule has 0 aliphatic carbocycles. The molecule has 0 atom stereocenters. The molecule has 0 saturated carbocycles. The number of nitrogens with zero attached hydrogens (tertiary/aromatic N) is 1. The van der Waals surface area contributed by atoms with Gasteiger partial charge in [0.2, 0.25) is 0 Å². The third-order valence-corrected chi connectivity index (χ3v) is 5.71. The van der Waals surface area contributed by atoms with E-state index in [1.165, 1.54) is 24.8 Å². The molecule has 1 heterocycles. The first-order chi connectivity index (χ1) is 15.1. The Kier molecular flexibility index (Phi) is 8.51. The van der Waals surface area contributed by atoms with Crippen molar-refractivity contribution in [1.82, 2.24) is 5.32 Å². The van der Waals surface area contributed by atoms with Gasteiger partial charge in [-0.15, -0.1) is 0 Å². The number of nitrogens with one attached hydrogen (secondary N) is 1. The van der Waals surface area contributed by atoms with Crippen molar-refractivity contribution in [2.45, 2.75) is 52.4 Å². The molecule has 1 amide bonds. The topological polar surface area (TPSA) is 58.6 Å². The SMILES string of the molecule is CCCc1ccc(N2CCCCC2)c(C(=O)NCCc2ccc(C(=O)OCC)cc2)c1. The molecular formula is C26H34N2O3. The molecule has 0 radical (unpaired) electrons. The first-order valence-corrected chi connectivity index (χ1v) is 11.5. The van der Waals surface area contributed by atoms with Crippen molar-refractivity contribution in [3.8, 4) is 0 Å². The minimum absolute atomic E-state index is 0.0123. The second kappa shape index (κ2) is 11.5. The highest BCUT2D eigenvalue weighted by Gasteiger charge is 2.19. The molecule has 1 fully saturated rings. The quantitative estimate of drug-likeness (QED) is 0.591. The van der Waals surface area contributed by atoms with E-state index < -0.39 is 0 Å². The Morgan fingerprint density at radius 1 is 0.935 bits per heavy atom. The van der Waals surface area contributed by atoms with Gasteiger partial charge in [0.05, 0.1) is 17.7 Å². The molecule has 0 spiro atoms. The van der Waals surface area contributed by atoms with Gasteiger partial charge in [-0.25, -0.2) is 4.79 Å². The van der Waals surface area contributed by atoms with Crippen molar-refractivity contribution in [3.05, 3.63) is 64.7 Å². The lowest BCUT2D eigenvalue weighted by Crippen LogP contribution is -2.33. The van der Waals surface area contributed by atoms with Gasteiger partial charge >= 0.3 is 5.97 Å².